The number of pyridine rings is 1. The van der Waals surface area contributed by atoms with Gasteiger partial charge in [0.15, 0.2) is 0 Å². The first-order chi connectivity index (χ1) is 9.00. The van der Waals surface area contributed by atoms with Gasteiger partial charge in [0, 0.05) is 12.7 Å². The predicted octanol–water partition coefficient (Wildman–Crippen LogP) is 1.89. The maximum atomic E-state index is 13.3. The number of hydrogen-bond donors (Lipinski definition) is 2. The molecule has 2 rings (SSSR count). The summed E-state index contributed by atoms with van der Waals surface area (Å²) >= 11 is 0. The van der Waals surface area contributed by atoms with Crippen LogP contribution in [0.5, 0.6) is 0 Å². The molecule has 0 aromatic carbocycles. The van der Waals surface area contributed by atoms with Crippen molar-refractivity contribution in [3.63, 3.8) is 0 Å². The Kier molecular flexibility index (Phi) is 4.14. The van der Waals surface area contributed by atoms with Crippen molar-refractivity contribution in [2.45, 2.75) is 38.2 Å². The zero-order valence-electron chi connectivity index (χ0n) is 11.0. The molecule has 1 aromatic rings. The minimum absolute atomic E-state index is 0.0877. The monoisotopic (exact) mass is 266 g/mol. The first-order valence-electron chi connectivity index (χ1n) is 6.61. The van der Waals surface area contributed by atoms with Crippen molar-refractivity contribution in [2.75, 3.05) is 6.54 Å². The smallest absolute Gasteiger partial charge is 0.256 e. The topological polar surface area (TPSA) is 62.2 Å². The lowest BCUT2D eigenvalue weighted by Crippen LogP contribution is -2.45. The Labute approximate surface area is 112 Å². The number of carbonyl (C=O) groups excluding carboxylic acids is 1. The molecular formula is C14H19FN2O2. The van der Waals surface area contributed by atoms with Gasteiger partial charge in [0.1, 0.15) is 0 Å². The molecule has 1 amide bonds. The van der Waals surface area contributed by atoms with Crippen molar-refractivity contribution in [1.82, 2.24) is 10.3 Å². The van der Waals surface area contributed by atoms with Gasteiger partial charge in [0.2, 0.25) is 5.95 Å². The first kappa shape index (κ1) is 13.9. The second kappa shape index (κ2) is 5.65. The standard InChI is InChI=1S/C14H19FN2O2/c1-10-4-6-14(19,7-5-10)9-17-13(18)11-3-2-8-16-12(11)15/h2-3,8,10,19H,4-7,9H2,1H3,(H,17,18). The Morgan fingerprint density at radius 1 is 1.58 bits per heavy atom. The van der Waals surface area contributed by atoms with Gasteiger partial charge in [-0.3, -0.25) is 4.79 Å². The van der Waals surface area contributed by atoms with E-state index in [-0.39, 0.29) is 12.1 Å². The Morgan fingerprint density at radius 2 is 2.26 bits per heavy atom. The SMILES string of the molecule is CC1CCC(O)(CNC(=O)c2cccnc2F)CC1. The van der Waals surface area contributed by atoms with Gasteiger partial charge in [-0.25, -0.2) is 4.98 Å². The van der Waals surface area contributed by atoms with Gasteiger partial charge in [0.25, 0.3) is 5.91 Å². The van der Waals surface area contributed by atoms with E-state index in [0.29, 0.717) is 18.8 Å². The van der Waals surface area contributed by atoms with Crippen molar-refractivity contribution in [1.29, 1.82) is 0 Å². The summed E-state index contributed by atoms with van der Waals surface area (Å²) in [6.07, 6.45) is 4.54. The van der Waals surface area contributed by atoms with Gasteiger partial charge < -0.3 is 10.4 Å². The van der Waals surface area contributed by atoms with Crippen LogP contribution in [0.1, 0.15) is 43.0 Å². The highest BCUT2D eigenvalue weighted by molar-refractivity contribution is 5.94. The van der Waals surface area contributed by atoms with Gasteiger partial charge in [-0.2, -0.15) is 4.39 Å². The minimum atomic E-state index is -0.860. The Balaban J connectivity index is 1.92. The maximum absolute atomic E-state index is 13.3. The summed E-state index contributed by atoms with van der Waals surface area (Å²) in [5, 5.41) is 12.9. The van der Waals surface area contributed by atoms with Crippen molar-refractivity contribution in [3.05, 3.63) is 29.8 Å². The molecule has 1 aromatic heterocycles. The average molecular weight is 266 g/mol. The van der Waals surface area contributed by atoms with Crippen LogP contribution < -0.4 is 5.32 Å². The number of aliphatic hydroxyl groups is 1. The van der Waals surface area contributed by atoms with E-state index in [1.165, 1.54) is 18.3 Å². The number of hydrogen-bond acceptors (Lipinski definition) is 3. The third kappa shape index (κ3) is 3.50. The van der Waals surface area contributed by atoms with Gasteiger partial charge in [0.05, 0.1) is 11.2 Å². The van der Waals surface area contributed by atoms with Crippen LogP contribution in [0, 0.1) is 11.9 Å². The van der Waals surface area contributed by atoms with Crippen molar-refractivity contribution < 1.29 is 14.3 Å². The van der Waals surface area contributed by atoms with E-state index in [2.05, 4.69) is 17.2 Å². The first-order valence-corrected chi connectivity index (χ1v) is 6.61. The molecule has 1 heterocycles. The second-order valence-electron chi connectivity index (χ2n) is 5.43. The van der Waals surface area contributed by atoms with Crippen LogP contribution in [0.15, 0.2) is 18.3 Å². The van der Waals surface area contributed by atoms with Gasteiger partial charge >= 0.3 is 0 Å². The number of carbonyl (C=O) groups is 1. The van der Waals surface area contributed by atoms with E-state index in [0.717, 1.165) is 12.8 Å². The van der Waals surface area contributed by atoms with E-state index in [4.69, 9.17) is 0 Å². The van der Waals surface area contributed by atoms with Crippen LogP contribution in [0.3, 0.4) is 0 Å². The van der Waals surface area contributed by atoms with Crippen LogP contribution in [0.4, 0.5) is 4.39 Å². The highest BCUT2D eigenvalue weighted by Crippen LogP contribution is 2.31. The fourth-order valence-electron chi connectivity index (χ4n) is 2.37. The summed E-state index contributed by atoms with van der Waals surface area (Å²) in [4.78, 5) is 15.2. The highest BCUT2D eigenvalue weighted by Gasteiger charge is 2.32. The average Bonchev–Trinajstić information content (AvgIpc) is 2.41. The fraction of sp³-hybridized carbons (Fsp3) is 0.571. The predicted molar refractivity (Wildman–Crippen MR) is 69.1 cm³/mol. The normalized spacial score (nSPS) is 27.0. The van der Waals surface area contributed by atoms with E-state index in [1.54, 1.807) is 0 Å². The molecule has 0 radical (unpaired) electrons. The molecule has 0 saturated heterocycles. The Hall–Kier alpha value is -1.49. The minimum Gasteiger partial charge on any atom is -0.388 e. The van der Waals surface area contributed by atoms with Crippen molar-refractivity contribution >= 4 is 5.91 Å². The molecule has 4 nitrogen and oxygen atoms in total. The second-order valence-corrected chi connectivity index (χ2v) is 5.43. The lowest BCUT2D eigenvalue weighted by atomic mass is 9.79. The third-order valence-corrected chi connectivity index (χ3v) is 3.79. The van der Waals surface area contributed by atoms with Crippen molar-refractivity contribution in [2.24, 2.45) is 5.92 Å². The molecule has 19 heavy (non-hydrogen) atoms. The molecule has 2 N–H and O–H groups in total. The summed E-state index contributed by atoms with van der Waals surface area (Å²) in [7, 11) is 0. The van der Waals surface area contributed by atoms with E-state index < -0.39 is 17.5 Å². The number of nitrogens with one attached hydrogen (secondary N) is 1. The molecular weight excluding hydrogens is 247 g/mol. The van der Waals surface area contributed by atoms with Crippen LogP contribution in [0.25, 0.3) is 0 Å². The lowest BCUT2D eigenvalue weighted by molar-refractivity contribution is -0.00544. The summed E-state index contributed by atoms with van der Waals surface area (Å²) in [6, 6.07) is 2.89. The summed E-state index contributed by atoms with van der Waals surface area (Å²) in [5.41, 5.74) is -0.948. The van der Waals surface area contributed by atoms with E-state index in [9.17, 15) is 14.3 Å². The molecule has 0 bridgehead atoms. The molecule has 1 fully saturated rings. The van der Waals surface area contributed by atoms with Gasteiger partial charge in [-0.05, 0) is 43.7 Å². The molecule has 0 atom stereocenters. The maximum Gasteiger partial charge on any atom is 0.256 e. The third-order valence-electron chi connectivity index (χ3n) is 3.79. The zero-order chi connectivity index (χ0) is 13.9. The summed E-state index contributed by atoms with van der Waals surface area (Å²) in [6.45, 7) is 2.32. The molecule has 0 spiro atoms. The number of rotatable bonds is 3. The van der Waals surface area contributed by atoms with E-state index in [1.807, 2.05) is 0 Å². The number of nitrogens with zero attached hydrogens (tertiary/aromatic N) is 1. The zero-order valence-corrected chi connectivity index (χ0v) is 11.0. The number of amides is 1. The molecule has 1 saturated carbocycles. The fourth-order valence-corrected chi connectivity index (χ4v) is 2.37. The van der Waals surface area contributed by atoms with Crippen LogP contribution in [0.2, 0.25) is 0 Å². The van der Waals surface area contributed by atoms with Gasteiger partial charge in [-0.1, -0.05) is 6.92 Å². The van der Waals surface area contributed by atoms with Crippen LogP contribution >= 0.6 is 0 Å². The van der Waals surface area contributed by atoms with Crippen LogP contribution in [-0.4, -0.2) is 28.1 Å². The van der Waals surface area contributed by atoms with Crippen molar-refractivity contribution in [3.8, 4) is 0 Å². The summed E-state index contributed by atoms with van der Waals surface area (Å²) in [5.74, 6) is -0.700. The molecule has 0 unspecified atom stereocenters. The highest BCUT2D eigenvalue weighted by atomic mass is 19.1. The number of aromatic nitrogens is 1. The molecule has 104 valence electrons. The van der Waals surface area contributed by atoms with Gasteiger partial charge in [-0.15, -0.1) is 0 Å². The Bertz CT molecular complexity index is 457. The molecule has 0 aliphatic heterocycles. The molecule has 1 aliphatic carbocycles. The van der Waals surface area contributed by atoms with Crippen LogP contribution in [-0.2, 0) is 0 Å². The largest absolute Gasteiger partial charge is 0.388 e. The van der Waals surface area contributed by atoms with E-state index >= 15 is 0 Å². The lowest BCUT2D eigenvalue weighted by Gasteiger charge is -2.34. The Morgan fingerprint density at radius 3 is 2.89 bits per heavy atom. The summed E-state index contributed by atoms with van der Waals surface area (Å²) < 4.78 is 13.3. The number of halogens is 1. The quantitative estimate of drug-likeness (QED) is 0.821. The molecule has 5 heteroatoms. The molecule has 1 aliphatic rings.